The lowest BCUT2D eigenvalue weighted by molar-refractivity contribution is 0.0696. The summed E-state index contributed by atoms with van der Waals surface area (Å²) in [6.07, 6.45) is 2.67. The molecule has 0 aromatic carbocycles. The summed E-state index contributed by atoms with van der Waals surface area (Å²) in [7, 11) is 0. The number of rotatable bonds is 5. The van der Waals surface area contributed by atoms with Crippen molar-refractivity contribution in [2.75, 3.05) is 11.9 Å². The molecule has 2 atom stereocenters. The Morgan fingerprint density at radius 2 is 2.35 bits per heavy atom. The predicted octanol–water partition coefficient (Wildman–Crippen LogP) is 2.71. The lowest BCUT2D eigenvalue weighted by Crippen LogP contribution is -2.41. The Kier molecular flexibility index (Phi) is 4.28. The first-order valence-corrected chi connectivity index (χ1v) is 7.08. The van der Waals surface area contributed by atoms with Gasteiger partial charge in [-0.05, 0) is 38.8 Å². The van der Waals surface area contributed by atoms with Gasteiger partial charge in [0.1, 0.15) is 5.82 Å². The average Bonchev–Trinajstić information content (AvgIpc) is 2.69. The zero-order valence-electron chi connectivity index (χ0n) is 12.3. The van der Waals surface area contributed by atoms with E-state index >= 15 is 0 Å². The molecule has 0 amide bonds. The van der Waals surface area contributed by atoms with E-state index in [0.717, 1.165) is 25.0 Å². The van der Waals surface area contributed by atoms with Crippen molar-refractivity contribution in [3.05, 3.63) is 23.4 Å². The number of anilines is 1. The fourth-order valence-electron chi connectivity index (χ4n) is 2.45. The quantitative estimate of drug-likeness (QED) is 0.866. The minimum atomic E-state index is -0.923. The minimum Gasteiger partial charge on any atom is -0.478 e. The fraction of sp³-hybridized carbons (Fsp3) is 0.600. The van der Waals surface area contributed by atoms with Crippen LogP contribution in [0.1, 0.15) is 49.7 Å². The summed E-state index contributed by atoms with van der Waals surface area (Å²) in [5.41, 5.74) is 0.888. The molecule has 1 fully saturated rings. The van der Waals surface area contributed by atoms with Gasteiger partial charge in [-0.25, -0.2) is 9.78 Å². The van der Waals surface area contributed by atoms with E-state index in [1.165, 1.54) is 0 Å². The van der Waals surface area contributed by atoms with Gasteiger partial charge in [0, 0.05) is 12.3 Å². The third kappa shape index (κ3) is 3.10. The van der Waals surface area contributed by atoms with E-state index in [1.54, 1.807) is 12.1 Å². The number of hydrogen-bond donors (Lipinski definition) is 2. The SMILES string of the molecule is CCCc1cc(C(=O)O)cc(NC2(C)CCOC2C)n1. The number of nitrogens with zero attached hydrogens (tertiary/aromatic N) is 1. The van der Waals surface area contributed by atoms with E-state index in [-0.39, 0.29) is 17.2 Å². The van der Waals surface area contributed by atoms with Crippen molar-refractivity contribution in [2.45, 2.75) is 51.7 Å². The summed E-state index contributed by atoms with van der Waals surface area (Å²) in [5.74, 6) is -0.304. The molecule has 1 saturated heterocycles. The Labute approximate surface area is 119 Å². The minimum absolute atomic E-state index is 0.0763. The molecular weight excluding hydrogens is 256 g/mol. The Bertz CT molecular complexity index is 504. The van der Waals surface area contributed by atoms with Crippen molar-refractivity contribution in [3.8, 4) is 0 Å². The van der Waals surface area contributed by atoms with Crippen LogP contribution in [0.4, 0.5) is 5.82 Å². The van der Waals surface area contributed by atoms with Crippen LogP contribution in [-0.4, -0.2) is 34.3 Å². The summed E-state index contributed by atoms with van der Waals surface area (Å²) >= 11 is 0. The van der Waals surface area contributed by atoms with Gasteiger partial charge >= 0.3 is 5.97 Å². The summed E-state index contributed by atoms with van der Waals surface area (Å²) < 4.78 is 5.59. The zero-order valence-corrected chi connectivity index (χ0v) is 12.3. The number of aromatic carboxylic acids is 1. The first-order chi connectivity index (χ1) is 9.44. The van der Waals surface area contributed by atoms with Crippen molar-refractivity contribution in [1.29, 1.82) is 0 Å². The molecule has 5 nitrogen and oxygen atoms in total. The average molecular weight is 278 g/mol. The van der Waals surface area contributed by atoms with Crippen LogP contribution in [-0.2, 0) is 11.2 Å². The van der Waals surface area contributed by atoms with Crippen LogP contribution in [0.3, 0.4) is 0 Å². The van der Waals surface area contributed by atoms with Crippen LogP contribution >= 0.6 is 0 Å². The van der Waals surface area contributed by atoms with Gasteiger partial charge in [0.25, 0.3) is 0 Å². The van der Waals surface area contributed by atoms with Gasteiger partial charge in [0.2, 0.25) is 0 Å². The van der Waals surface area contributed by atoms with Crippen LogP contribution in [0, 0.1) is 0 Å². The number of pyridine rings is 1. The number of hydrogen-bond acceptors (Lipinski definition) is 4. The van der Waals surface area contributed by atoms with E-state index in [1.807, 2.05) is 6.92 Å². The first kappa shape index (κ1) is 14.8. The topological polar surface area (TPSA) is 71.5 Å². The molecule has 0 bridgehead atoms. The van der Waals surface area contributed by atoms with Gasteiger partial charge in [0.15, 0.2) is 0 Å². The summed E-state index contributed by atoms with van der Waals surface area (Å²) in [5, 5.41) is 12.6. The first-order valence-electron chi connectivity index (χ1n) is 7.08. The molecule has 2 N–H and O–H groups in total. The molecule has 2 unspecified atom stereocenters. The molecule has 1 aromatic heterocycles. The summed E-state index contributed by atoms with van der Waals surface area (Å²) in [6.45, 7) is 6.87. The van der Waals surface area contributed by atoms with E-state index in [0.29, 0.717) is 12.4 Å². The van der Waals surface area contributed by atoms with E-state index < -0.39 is 5.97 Å². The molecule has 110 valence electrons. The Balaban J connectivity index is 2.28. The zero-order chi connectivity index (χ0) is 14.8. The number of nitrogens with one attached hydrogen (secondary N) is 1. The highest BCUT2D eigenvalue weighted by Crippen LogP contribution is 2.29. The molecule has 1 aromatic rings. The van der Waals surface area contributed by atoms with Gasteiger partial charge in [-0.3, -0.25) is 0 Å². The normalized spacial score (nSPS) is 25.6. The molecular formula is C15H22N2O3. The smallest absolute Gasteiger partial charge is 0.335 e. The van der Waals surface area contributed by atoms with Gasteiger partial charge < -0.3 is 15.2 Å². The highest BCUT2D eigenvalue weighted by atomic mass is 16.5. The Hall–Kier alpha value is -1.62. The second-order valence-electron chi connectivity index (χ2n) is 5.59. The van der Waals surface area contributed by atoms with Crippen molar-refractivity contribution in [3.63, 3.8) is 0 Å². The van der Waals surface area contributed by atoms with E-state index in [9.17, 15) is 9.90 Å². The lowest BCUT2D eigenvalue weighted by Gasteiger charge is -2.29. The lowest BCUT2D eigenvalue weighted by atomic mass is 9.94. The highest BCUT2D eigenvalue weighted by molar-refractivity contribution is 5.88. The standard InChI is InChI=1S/C15H22N2O3/c1-4-5-12-8-11(14(18)19)9-13(16-12)17-15(3)6-7-20-10(15)2/h8-10H,4-7H2,1-3H3,(H,16,17)(H,18,19). The van der Waals surface area contributed by atoms with E-state index in [4.69, 9.17) is 4.74 Å². The molecule has 1 aliphatic heterocycles. The number of carbonyl (C=O) groups is 1. The van der Waals surface area contributed by atoms with Gasteiger partial charge in [-0.15, -0.1) is 0 Å². The van der Waals surface area contributed by atoms with Crippen molar-refractivity contribution in [2.24, 2.45) is 0 Å². The highest BCUT2D eigenvalue weighted by Gasteiger charge is 2.37. The number of ether oxygens (including phenoxy) is 1. The second-order valence-corrected chi connectivity index (χ2v) is 5.59. The molecule has 0 spiro atoms. The van der Waals surface area contributed by atoms with Crippen molar-refractivity contribution < 1.29 is 14.6 Å². The molecule has 0 saturated carbocycles. The van der Waals surface area contributed by atoms with Crippen molar-refractivity contribution in [1.82, 2.24) is 4.98 Å². The summed E-state index contributed by atoms with van der Waals surface area (Å²) in [6, 6.07) is 3.24. The third-order valence-electron chi connectivity index (χ3n) is 3.93. The molecule has 20 heavy (non-hydrogen) atoms. The number of aryl methyl sites for hydroxylation is 1. The number of carboxylic acids is 1. The van der Waals surface area contributed by atoms with Gasteiger partial charge in [0.05, 0.1) is 17.2 Å². The Morgan fingerprint density at radius 3 is 2.90 bits per heavy atom. The Morgan fingerprint density at radius 1 is 1.60 bits per heavy atom. The molecule has 0 aliphatic carbocycles. The molecule has 0 radical (unpaired) electrons. The van der Waals surface area contributed by atoms with Gasteiger partial charge in [-0.2, -0.15) is 0 Å². The monoisotopic (exact) mass is 278 g/mol. The maximum atomic E-state index is 11.2. The summed E-state index contributed by atoms with van der Waals surface area (Å²) in [4.78, 5) is 15.7. The number of aromatic nitrogens is 1. The maximum Gasteiger partial charge on any atom is 0.335 e. The van der Waals surface area contributed by atoms with Gasteiger partial charge in [-0.1, -0.05) is 13.3 Å². The largest absolute Gasteiger partial charge is 0.478 e. The van der Waals surface area contributed by atoms with Crippen molar-refractivity contribution >= 4 is 11.8 Å². The molecule has 2 rings (SSSR count). The third-order valence-corrected chi connectivity index (χ3v) is 3.93. The van der Waals surface area contributed by atoms with Crippen LogP contribution < -0.4 is 5.32 Å². The fourth-order valence-corrected chi connectivity index (χ4v) is 2.45. The second kappa shape index (κ2) is 5.79. The molecule has 1 aliphatic rings. The van der Waals surface area contributed by atoms with Crippen LogP contribution in [0.25, 0.3) is 0 Å². The maximum absolute atomic E-state index is 11.2. The van der Waals surface area contributed by atoms with E-state index in [2.05, 4.69) is 24.1 Å². The van der Waals surface area contributed by atoms with Crippen LogP contribution in [0.5, 0.6) is 0 Å². The van der Waals surface area contributed by atoms with Crippen LogP contribution in [0.2, 0.25) is 0 Å². The molecule has 2 heterocycles. The molecule has 5 heteroatoms. The van der Waals surface area contributed by atoms with Crippen LogP contribution in [0.15, 0.2) is 12.1 Å². The number of carboxylic acid groups (broad SMARTS) is 1. The predicted molar refractivity (Wildman–Crippen MR) is 77.3 cm³/mol.